The van der Waals surface area contributed by atoms with E-state index < -0.39 is 16.1 Å². The van der Waals surface area contributed by atoms with Crippen molar-refractivity contribution in [2.24, 2.45) is 0 Å². The van der Waals surface area contributed by atoms with Crippen LogP contribution >= 0.6 is 0 Å². The first kappa shape index (κ1) is 20.6. The highest BCUT2D eigenvalue weighted by atomic mass is 32.2. The molecule has 2 aromatic carbocycles. The zero-order chi connectivity index (χ0) is 22.5. The second kappa shape index (κ2) is 7.67. The molecular weight excluding hydrogens is 424 g/mol. The van der Waals surface area contributed by atoms with Gasteiger partial charge in [-0.05, 0) is 74.2 Å². The summed E-state index contributed by atoms with van der Waals surface area (Å²) in [4.78, 5) is 13.4. The summed E-state index contributed by atoms with van der Waals surface area (Å²) in [5.41, 5.74) is 4.24. The van der Waals surface area contributed by atoms with Crippen molar-refractivity contribution in [3.05, 3.63) is 89.0 Å². The number of anilines is 2. The van der Waals surface area contributed by atoms with E-state index >= 15 is 0 Å². The number of rotatable bonds is 3. The minimum absolute atomic E-state index is 0.0618. The van der Waals surface area contributed by atoms with Gasteiger partial charge in [0.15, 0.2) is 5.78 Å². The average molecular weight is 449 g/mol. The van der Waals surface area contributed by atoms with Crippen molar-refractivity contribution in [1.82, 2.24) is 0 Å². The number of aryl methyl sites for hydroxylation is 2. The van der Waals surface area contributed by atoms with Gasteiger partial charge in [0.05, 0.1) is 22.5 Å². The second-order valence-corrected chi connectivity index (χ2v) is 10.1. The maximum atomic E-state index is 14.2. The zero-order valence-corrected chi connectivity index (χ0v) is 18.8. The lowest BCUT2D eigenvalue weighted by molar-refractivity contribution is -0.116. The van der Waals surface area contributed by atoms with Crippen LogP contribution < -0.4 is 9.62 Å². The zero-order valence-electron chi connectivity index (χ0n) is 18.0. The van der Waals surface area contributed by atoms with Crippen LogP contribution in [0.2, 0.25) is 0 Å². The van der Waals surface area contributed by atoms with Crippen LogP contribution in [-0.4, -0.2) is 14.2 Å². The van der Waals surface area contributed by atoms with Crippen LogP contribution in [0, 0.1) is 13.8 Å². The SMILES string of the molecule is Cc1ccc(S(=O)(=O)N2c3ccccc3NC3=C(C(=O)CCC3)[C@@H]2c2ccco2)cc1C. The molecule has 0 amide bonds. The molecule has 6 nitrogen and oxygen atoms in total. The second-order valence-electron chi connectivity index (χ2n) is 8.28. The predicted octanol–water partition coefficient (Wildman–Crippen LogP) is 5.27. The minimum Gasteiger partial charge on any atom is -0.467 e. The summed E-state index contributed by atoms with van der Waals surface area (Å²) in [7, 11) is -4.04. The molecule has 1 aliphatic heterocycles. The Bertz CT molecular complexity index is 1340. The Morgan fingerprint density at radius 2 is 1.81 bits per heavy atom. The molecule has 7 heteroatoms. The maximum Gasteiger partial charge on any atom is 0.265 e. The molecule has 5 rings (SSSR count). The third-order valence-corrected chi connectivity index (χ3v) is 8.01. The summed E-state index contributed by atoms with van der Waals surface area (Å²) in [5, 5.41) is 3.37. The number of carbonyl (C=O) groups excluding carboxylic acids is 1. The van der Waals surface area contributed by atoms with Crippen LogP contribution in [0.5, 0.6) is 0 Å². The molecule has 1 aliphatic carbocycles. The molecular formula is C25H24N2O4S. The number of benzene rings is 2. The summed E-state index contributed by atoms with van der Waals surface area (Å²) < 4.78 is 35.4. The molecule has 1 aromatic heterocycles. The topological polar surface area (TPSA) is 79.6 Å². The summed E-state index contributed by atoms with van der Waals surface area (Å²) in [6.07, 6.45) is 3.28. The fourth-order valence-corrected chi connectivity index (χ4v) is 6.16. The van der Waals surface area contributed by atoms with E-state index in [1.165, 1.54) is 10.6 Å². The number of Topliss-reactive ketones (excluding diaryl/α,β-unsaturated/α-hetero) is 1. The molecule has 164 valence electrons. The van der Waals surface area contributed by atoms with E-state index in [1.807, 2.05) is 32.0 Å². The Balaban J connectivity index is 1.82. The molecule has 3 aromatic rings. The van der Waals surface area contributed by atoms with Gasteiger partial charge in [0.1, 0.15) is 11.8 Å². The molecule has 0 spiro atoms. The lowest BCUT2D eigenvalue weighted by Gasteiger charge is -2.33. The van der Waals surface area contributed by atoms with Crippen LogP contribution in [0.1, 0.15) is 42.2 Å². The number of para-hydroxylation sites is 2. The van der Waals surface area contributed by atoms with E-state index in [-0.39, 0.29) is 10.7 Å². The average Bonchev–Trinajstić information content (AvgIpc) is 3.24. The van der Waals surface area contributed by atoms with Crippen LogP contribution in [0.3, 0.4) is 0 Å². The van der Waals surface area contributed by atoms with Crippen molar-refractivity contribution in [2.45, 2.75) is 44.0 Å². The smallest absolute Gasteiger partial charge is 0.265 e. The maximum absolute atomic E-state index is 14.2. The van der Waals surface area contributed by atoms with Crippen molar-refractivity contribution >= 4 is 27.2 Å². The number of furan rings is 1. The first-order valence-electron chi connectivity index (χ1n) is 10.7. The van der Waals surface area contributed by atoms with Gasteiger partial charge in [-0.1, -0.05) is 18.2 Å². The number of nitrogens with one attached hydrogen (secondary N) is 1. The fourth-order valence-electron chi connectivity index (χ4n) is 4.46. The quantitative estimate of drug-likeness (QED) is 0.591. The van der Waals surface area contributed by atoms with Crippen molar-refractivity contribution in [3.8, 4) is 0 Å². The summed E-state index contributed by atoms with van der Waals surface area (Å²) >= 11 is 0. The molecule has 0 saturated heterocycles. The fraction of sp³-hybridized carbons (Fsp3) is 0.240. The van der Waals surface area contributed by atoms with E-state index in [0.717, 1.165) is 23.2 Å². The van der Waals surface area contributed by atoms with Crippen molar-refractivity contribution in [1.29, 1.82) is 0 Å². The molecule has 0 bridgehead atoms. The van der Waals surface area contributed by atoms with Gasteiger partial charge in [0.25, 0.3) is 10.0 Å². The Kier molecular flexibility index (Phi) is 4.93. The van der Waals surface area contributed by atoms with E-state index in [2.05, 4.69) is 5.32 Å². The van der Waals surface area contributed by atoms with Crippen LogP contribution in [0.4, 0.5) is 11.4 Å². The van der Waals surface area contributed by atoms with Crippen molar-refractivity contribution < 1.29 is 17.6 Å². The van der Waals surface area contributed by atoms with E-state index in [0.29, 0.717) is 35.5 Å². The third-order valence-electron chi connectivity index (χ3n) is 6.24. The van der Waals surface area contributed by atoms with Gasteiger partial charge in [-0.3, -0.25) is 4.79 Å². The number of hydrogen-bond acceptors (Lipinski definition) is 5. The molecule has 2 heterocycles. The van der Waals surface area contributed by atoms with Crippen LogP contribution in [0.15, 0.2) is 81.4 Å². The summed E-state index contributed by atoms with van der Waals surface area (Å²) in [6.45, 7) is 3.84. The normalized spacial score (nSPS) is 18.6. The number of nitrogens with zero attached hydrogens (tertiary/aromatic N) is 1. The largest absolute Gasteiger partial charge is 0.467 e. The number of ketones is 1. The van der Waals surface area contributed by atoms with Crippen molar-refractivity contribution in [3.63, 3.8) is 0 Å². The van der Waals surface area contributed by atoms with E-state index in [1.54, 1.807) is 36.4 Å². The Morgan fingerprint density at radius 3 is 2.56 bits per heavy atom. The van der Waals surface area contributed by atoms with Crippen molar-refractivity contribution in [2.75, 3.05) is 9.62 Å². The molecule has 2 aliphatic rings. The predicted molar refractivity (Wildman–Crippen MR) is 123 cm³/mol. The lowest BCUT2D eigenvalue weighted by Crippen LogP contribution is -2.37. The minimum atomic E-state index is -4.04. The Morgan fingerprint density at radius 1 is 1.00 bits per heavy atom. The highest BCUT2D eigenvalue weighted by Crippen LogP contribution is 2.47. The van der Waals surface area contributed by atoms with Gasteiger partial charge in [-0.25, -0.2) is 12.7 Å². The molecule has 0 fully saturated rings. The van der Waals surface area contributed by atoms with Gasteiger partial charge in [0.2, 0.25) is 0 Å². The molecule has 0 unspecified atom stereocenters. The van der Waals surface area contributed by atoms with Gasteiger partial charge in [-0.2, -0.15) is 0 Å². The molecule has 32 heavy (non-hydrogen) atoms. The van der Waals surface area contributed by atoms with Gasteiger partial charge >= 0.3 is 0 Å². The first-order valence-corrected chi connectivity index (χ1v) is 12.1. The molecule has 0 radical (unpaired) electrons. The van der Waals surface area contributed by atoms with Crippen LogP contribution in [-0.2, 0) is 14.8 Å². The lowest BCUT2D eigenvalue weighted by atomic mass is 9.89. The number of hydrogen-bond donors (Lipinski definition) is 1. The molecule has 0 saturated carbocycles. The summed E-state index contributed by atoms with van der Waals surface area (Å²) in [5.74, 6) is 0.354. The van der Waals surface area contributed by atoms with Gasteiger partial charge in [-0.15, -0.1) is 0 Å². The van der Waals surface area contributed by atoms with E-state index in [4.69, 9.17) is 4.42 Å². The number of fused-ring (bicyclic) bond motifs is 1. The van der Waals surface area contributed by atoms with Gasteiger partial charge < -0.3 is 9.73 Å². The number of allylic oxidation sites excluding steroid dienone is 1. The Hall–Kier alpha value is -3.32. The summed E-state index contributed by atoms with van der Waals surface area (Å²) in [6, 6.07) is 14.9. The van der Waals surface area contributed by atoms with Crippen LogP contribution in [0.25, 0.3) is 0 Å². The standard InChI is InChI=1S/C25H24N2O4S/c1-16-12-13-18(15-17(16)2)32(29,30)27-21-9-4-3-7-19(21)26-20-8-5-10-22(28)24(20)25(27)23-11-6-14-31-23/h3-4,6-7,9,11-15,25-26H,5,8,10H2,1-2H3/t25-/m0/s1. The molecule has 1 N–H and O–H groups in total. The Labute approximate surface area is 187 Å². The number of carbonyl (C=O) groups is 1. The number of sulfonamides is 1. The first-order chi connectivity index (χ1) is 15.4. The molecule has 1 atom stereocenters. The third kappa shape index (κ3) is 3.24. The van der Waals surface area contributed by atoms with Gasteiger partial charge in [0, 0.05) is 17.7 Å². The highest BCUT2D eigenvalue weighted by Gasteiger charge is 2.43. The monoisotopic (exact) mass is 448 g/mol. The van der Waals surface area contributed by atoms with E-state index in [9.17, 15) is 13.2 Å². The highest BCUT2D eigenvalue weighted by molar-refractivity contribution is 7.92.